The van der Waals surface area contributed by atoms with Gasteiger partial charge in [0.1, 0.15) is 5.41 Å². The highest BCUT2D eigenvalue weighted by Gasteiger charge is 2.50. The van der Waals surface area contributed by atoms with E-state index in [0.717, 1.165) is 0 Å². The lowest BCUT2D eigenvalue weighted by atomic mass is 9.71. The number of Topliss-reactive ketones (excluding diaryl/α,β-unsaturated/α-hetero) is 1. The van der Waals surface area contributed by atoms with Crippen LogP contribution in [-0.2, 0) is 9.59 Å². The van der Waals surface area contributed by atoms with Crippen LogP contribution in [0, 0.1) is 11.3 Å². The summed E-state index contributed by atoms with van der Waals surface area (Å²) in [5, 5.41) is 24.3. The van der Waals surface area contributed by atoms with Crippen LogP contribution in [0.15, 0.2) is 23.3 Å². The van der Waals surface area contributed by atoms with Gasteiger partial charge in [0.05, 0.1) is 12.8 Å². The van der Waals surface area contributed by atoms with Gasteiger partial charge in [0.25, 0.3) is 5.91 Å². The van der Waals surface area contributed by atoms with E-state index in [0.29, 0.717) is 18.4 Å². The summed E-state index contributed by atoms with van der Waals surface area (Å²) < 4.78 is 0. The van der Waals surface area contributed by atoms with Crippen molar-refractivity contribution in [1.82, 2.24) is 5.01 Å². The van der Waals surface area contributed by atoms with E-state index >= 15 is 0 Å². The molecule has 0 saturated carbocycles. The van der Waals surface area contributed by atoms with E-state index in [1.165, 1.54) is 23.4 Å². The number of aromatic hydroxyl groups is 2. The third-order valence-electron chi connectivity index (χ3n) is 4.56. The number of piperidine rings is 1. The van der Waals surface area contributed by atoms with Crippen LogP contribution in [0.2, 0.25) is 0 Å². The molecule has 1 aromatic carbocycles. The summed E-state index contributed by atoms with van der Waals surface area (Å²) in [6.07, 6.45) is 2.35. The van der Waals surface area contributed by atoms with Gasteiger partial charge in [0.2, 0.25) is 0 Å². The third-order valence-corrected chi connectivity index (χ3v) is 4.56. The molecule has 124 valence electrons. The molecule has 6 nitrogen and oxygen atoms in total. The summed E-state index contributed by atoms with van der Waals surface area (Å²) in [5.74, 6) is -1.02. The molecule has 0 aromatic heterocycles. The van der Waals surface area contributed by atoms with Gasteiger partial charge in [0.15, 0.2) is 17.3 Å². The fourth-order valence-corrected chi connectivity index (χ4v) is 3.01. The second kappa shape index (κ2) is 6.40. The molecular formula is C17H22N2O4. The molecule has 1 saturated heterocycles. The fourth-order valence-electron chi connectivity index (χ4n) is 3.01. The van der Waals surface area contributed by atoms with E-state index in [1.54, 1.807) is 6.07 Å². The topological polar surface area (TPSA) is 90.2 Å². The van der Waals surface area contributed by atoms with E-state index in [1.807, 2.05) is 20.8 Å². The summed E-state index contributed by atoms with van der Waals surface area (Å²) in [4.78, 5) is 25.2. The van der Waals surface area contributed by atoms with Crippen LogP contribution < -0.4 is 0 Å². The van der Waals surface area contributed by atoms with Gasteiger partial charge in [-0.05, 0) is 36.6 Å². The Labute approximate surface area is 135 Å². The van der Waals surface area contributed by atoms with Crippen molar-refractivity contribution in [3.8, 4) is 11.5 Å². The number of hydrogen-bond donors (Lipinski definition) is 2. The van der Waals surface area contributed by atoms with E-state index < -0.39 is 5.41 Å². The normalized spacial score (nSPS) is 21.2. The highest BCUT2D eigenvalue weighted by atomic mass is 16.3. The summed E-state index contributed by atoms with van der Waals surface area (Å²) in [5.41, 5.74) is -0.442. The first-order chi connectivity index (χ1) is 10.9. The Balaban J connectivity index is 2.28. The molecule has 1 aromatic rings. The molecule has 0 spiro atoms. The van der Waals surface area contributed by atoms with Gasteiger partial charge in [-0.2, -0.15) is 5.10 Å². The lowest BCUT2D eigenvalue weighted by Gasteiger charge is -2.40. The number of phenols is 2. The molecule has 1 fully saturated rings. The van der Waals surface area contributed by atoms with E-state index in [4.69, 9.17) is 0 Å². The number of rotatable bonds is 4. The maximum Gasteiger partial charge on any atom is 0.256 e. The number of ketones is 1. The maximum absolute atomic E-state index is 12.7. The summed E-state index contributed by atoms with van der Waals surface area (Å²) in [7, 11) is 0. The zero-order valence-electron chi connectivity index (χ0n) is 13.6. The SMILES string of the molecule is CCC1(CC)C(=O)C(C)CN(N=Cc2ccc(O)c(O)c2)C1=O. The zero-order chi connectivity index (χ0) is 17.2. The Hall–Kier alpha value is -2.37. The Kier molecular flexibility index (Phi) is 4.73. The standard InChI is InChI=1S/C17H22N2O4/c1-4-17(5-2)15(22)11(3)10-19(16(17)23)18-9-12-6-7-13(20)14(21)8-12/h6-9,11,20-21H,4-5,10H2,1-3H3. The van der Waals surface area contributed by atoms with E-state index in [2.05, 4.69) is 5.10 Å². The molecule has 1 aliphatic heterocycles. The molecule has 1 aliphatic rings. The van der Waals surface area contributed by atoms with Crippen LogP contribution in [0.4, 0.5) is 0 Å². The van der Waals surface area contributed by atoms with Crippen molar-refractivity contribution >= 4 is 17.9 Å². The molecule has 1 amide bonds. The minimum atomic E-state index is -0.994. The molecule has 2 rings (SSSR count). The summed E-state index contributed by atoms with van der Waals surface area (Å²) >= 11 is 0. The number of benzene rings is 1. The smallest absolute Gasteiger partial charge is 0.256 e. The average molecular weight is 318 g/mol. The summed E-state index contributed by atoms with van der Waals surface area (Å²) in [6, 6.07) is 4.28. The van der Waals surface area contributed by atoms with Gasteiger partial charge in [-0.15, -0.1) is 0 Å². The van der Waals surface area contributed by atoms with Crippen molar-refractivity contribution in [2.75, 3.05) is 6.54 Å². The first kappa shape index (κ1) is 17.0. The number of nitrogens with zero attached hydrogens (tertiary/aromatic N) is 2. The van der Waals surface area contributed by atoms with Gasteiger partial charge in [-0.1, -0.05) is 20.8 Å². The molecule has 1 unspecified atom stereocenters. The molecule has 1 atom stereocenters. The zero-order valence-corrected chi connectivity index (χ0v) is 13.6. The van der Waals surface area contributed by atoms with Crippen LogP contribution >= 0.6 is 0 Å². The number of amides is 1. The molecule has 1 heterocycles. The lowest BCUT2D eigenvalue weighted by Crippen LogP contribution is -2.55. The van der Waals surface area contributed by atoms with Crippen molar-refractivity contribution in [2.24, 2.45) is 16.4 Å². The van der Waals surface area contributed by atoms with Crippen molar-refractivity contribution in [3.63, 3.8) is 0 Å². The average Bonchev–Trinajstić information content (AvgIpc) is 2.54. The Morgan fingerprint density at radius 1 is 1.26 bits per heavy atom. The minimum absolute atomic E-state index is 0.0128. The number of carbonyl (C=O) groups is 2. The number of phenolic OH excluding ortho intramolecular Hbond substituents is 2. The quantitative estimate of drug-likeness (QED) is 0.506. The molecule has 23 heavy (non-hydrogen) atoms. The largest absolute Gasteiger partial charge is 0.504 e. The van der Waals surface area contributed by atoms with Gasteiger partial charge in [-0.3, -0.25) is 9.59 Å². The van der Waals surface area contributed by atoms with E-state index in [9.17, 15) is 19.8 Å². The number of hydrazone groups is 1. The summed E-state index contributed by atoms with van der Waals surface area (Å²) in [6.45, 7) is 5.75. The van der Waals surface area contributed by atoms with Gasteiger partial charge in [0, 0.05) is 5.92 Å². The van der Waals surface area contributed by atoms with Crippen molar-refractivity contribution in [2.45, 2.75) is 33.6 Å². The molecule has 0 radical (unpaired) electrons. The van der Waals surface area contributed by atoms with Crippen LogP contribution in [-0.4, -0.2) is 39.7 Å². The Morgan fingerprint density at radius 2 is 1.91 bits per heavy atom. The number of carbonyl (C=O) groups excluding carboxylic acids is 2. The minimum Gasteiger partial charge on any atom is -0.504 e. The highest BCUT2D eigenvalue weighted by Crippen LogP contribution is 2.37. The van der Waals surface area contributed by atoms with E-state index in [-0.39, 0.29) is 35.7 Å². The lowest BCUT2D eigenvalue weighted by molar-refractivity contribution is -0.158. The van der Waals surface area contributed by atoms with Crippen LogP contribution in [0.5, 0.6) is 11.5 Å². The molecule has 6 heteroatoms. The number of hydrogen-bond acceptors (Lipinski definition) is 5. The fraction of sp³-hybridized carbons (Fsp3) is 0.471. The van der Waals surface area contributed by atoms with Gasteiger partial charge in [-0.25, -0.2) is 5.01 Å². The molecular weight excluding hydrogens is 296 g/mol. The first-order valence-electron chi connectivity index (χ1n) is 7.78. The first-order valence-corrected chi connectivity index (χ1v) is 7.78. The third kappa shape index (κ3) is 2.93. The van der Waals surface area contributed by atoms with Crippen LogP contribution in [0.1, 0.15) is 39.2 Å². The molecule has 0 aliphatic carbocycles. The van der Waals surface area contributed by atoms with Crippen molar-refractivity contribution in [3.05, 3.63) is 23.8 Å². The predicted molar refractivity (Wildman–Crippen MR) is 86.3 cm³/mol. The van der Waals surface area contributed by atoms with Crippen LogP contribution in [0.25, 0.3) is 0 Å². The monoisotopic (exact) mass is 318 g/mol. The predicted octanol–water partition coefficient (Wildman–Crippen LogP) is 2.29. The maximum atomic E-state index is 12.7. The highest BCUT2D eigenvalue weighted by molar-refractivity contribution is 6.09. The van der Waals surface area contributed by atoms with Gasteiger partial charge < -0.3 is 10.2 Å². The van der Waals surface area contributed by atoms with Crippen molar-refractivity contribution in [1.29, 1.82) is 0 Å². The molecule has 2 N–H and O–H groups in total. The molecule has 0 bridgehead atoms. The second-order valence-corrected chi connectivity index (χ2v) is 5.93. The van der Waals surface area contributed by atoms with Crippen molar-refractivity contribution < 1.29 is 19.8 Å². The second-order valence-electron chi connectivity index (χ2n) is 5.93. The van der Waals surface area contributed by atoms with Crippen LogP contribution in [0.3, 0.4) is 0 Å². The Bertz CT molecular complexity index is 650. The Morgan fingerprint density at radius 3 is 2.48 bits per heavy atom. The van der Waals surface area contributed by atoms with Gasteiger partial charge >= 0.3 is 0 Å².